The first-order valence-electron chi connectivity index (χ1n) is 8.65. The van der Waals surface area contributed by atoms with E-state index < -0.39 is 0 Å². The second-order valence-corrected chi connectivity index (χ2v) is 6.64. The molecule has 0 radical (unpaired) electrons. The van der Waals surface area contributed by atoms with Gasteiger partial charge in [0.25, 0.3) is 5.91 Å². The average Bonchev–Trinajstić information content (AvgIpc) is 3.09. The van der Waals surface area contributed by atoms with Crippen LogP contribution in [0.5, 0.6) is 11.5 Å². The molecule has 3 aromatic rings. The van der Waals surface area contributed by atoms with Gasteiger partial charge in [0.1, 0.15) is 11.5 Å². The van der Waals surface area contributed by atoms with Gasteiger partial charge in [-0.2, -0.15) is 9.90 Å². The number of ether oxygens (including phenoxy) is 2. The van der Waals surface area contributed by atoms with Crippen LogP contribution < -0.4 is 14.8 Å². The minimum atomic E-state index is -0.323. The molecule has 3 rings (SSSR count). The number of benzene rings is 2. The first-order chi connectivity index (χ1) is 13.4. The Morgan fingerprint density at radius 3 is 2.61 bits per heavy atom. The minimum absolute atomic E-state index is 0.249. The predicted molar refractivity (Wildman–Crippen MR) is 107 cm³/mol. The van der Waals surface area contributed by atoms with E-state index in [9.17, 15) is 4.79 Å². The maximum Gasteiger partial charge on any atom is 0.274 e. The van der Waals surface area contributed by atoms with Crippen LogP contribution in [0.4, 0.5) is 0 Å². The van der Waals surface area contributed by atoms with Crippen molar-refractivity contribution in [2.75, 3.05) is 14.2 Å². The molecule has 0 fully saturated rings. The Kier molecular flexibility index (Phi) is 5.84. The van der Waals surface area contributed by atoms with Crippen molar-refractivity contribution in [2.24, 2.45) is 0 Å². The number of hydrogen-bond acceptors (Lipinski definition) is 5. The smallest absolute Gasteiger partial charge is 0.274 e. The molecule has 0 aliphatic heterocycles. The number of aryl methyl sites for hydroxylation is 1. The van der Waals surface area contributed by atoms with Gasteiger partial charge in [0.15, 0.2) is 5.69 Å². The van der Waals surface area contributed by atoms with E-state index in [2.05, 4.69) is 15.5 Å². The third-order valence-electron chi connectivity index (χ3n) is 4.29. The molecule has 0 bridgehead atoms. The number of halogens is 1. The van der Waals surface area contributed by atoms with Crippen molar-refractivity contribution in [2.45, 2.75) is 19.9 Å². The number of amides is 1. The van der Waals surface area contributed by atoms with Crippen LogP contribution in [0.2, 0.25) is 5.02 Å². The van der Waals surface area contributed by atoms with Crippen molar-refractivity contribution in [3.8, 4) is 17.2 Å². The van der Waals surface area contributed by atoms with Crippen LogP contribution in [0.3, 0.4) is 0 Å². The molecule has 1 aromatic heterocycles. The number of nitrogens with one attached hydrogen (secondary N) is 1. The Morgan fingerprint density at radius 2 is 1.93 bits per heavy atom. The maximum absolute atomic E-state index is 12.8. The Bertz CT molecular complexity index is 1000. The summed E-state index contributed by atoms with van der Waals surface area (Å²) in [6, 6.07) is 12.3. The Balaban J connectivity index is 1.82. The van der Waals surface area contributed by atoms with Gasteiger partial charge in [-0.15, -0.1) is 5.10 Å². The van der Waals surface area contributed by atoms with Gasteiger partial charge in [-0.1, -0.05) is 17.7 Å². The zero-order valence-electron chi connectivity index (χ0n) is 16.1. The van der Waals surface area contributed by atoms with Crippen LogP contribution in [0.25, 0.3) is 5.69 Å². The molecule has 2 aromatic carbocycles. The highest BCUT2D eigenvalue weighted by Gasteiger charge is 2.20. The molecule has 8 heteroatoms. The molecule has 28 heavy (non-hydrogen) atoms. The molecule has 7 nitrogen and oxygen atoms in total. The van der Waals surface area contributed by atoms with Gasteiger partial charge in [0.2, 0.25) is 0 Å². The third-order valence-corrected chi connectivity index (χ3v) is 4.53. The molecule has 1 unspecified atom stereocenters. The van der Waals surface area contributed by atoms with Crippen molar-refractivity contribution in [3.05, 3.63) is 64.4 Å². The van der Waals surface area contributed by atoms with Crippen molar-refractivity contribution < 1.29 is 14.3 Å². The number of aromatic nitrogens is 3. The second kappa shape index (κ2) is 8.31. The summed E-state index contributed by atoms with van der Waals surface area (Å²) in [6.07, 6.45) is 0. The van der Waals surface area contributed by atoms with Crippen LogP contribution in [0.15, 0.2) is 42.5 Å². The van der Waals surface area contributed by atoms with E-state index >= 15 is 0 Å². The molecule has 1 atom stereocenters. The van der Waals surface area contributed by atoms with Crippen molar-refractivity contribution in [1.82, 2.24) is 20.3 Å². The SMILES string of the molecule is COc1ccc(C(C)NC(=O)c2nn(-c3cccc(Cl)c3)nc2C)c(OC)c1. The third kappa shape index (κ3) is 4.09. The Hall–Kier alpha value is -3.06. The predicted octanol–water partition coefficient (Wildman–Crippen LogP) is 3.74. The number of methoxy groups -OCH3 is 2. The second-order valence-electron chi connectivity index (χ2n) is 6.21. The molecule has 0 saturated carbocycles. The van der Waals surface area contributed by atoms with Crippen LogP contribution in [0, 0.1) is 6.92 Å². The lowest BCUT2D eigenvalue weighted by molar-refractivity contribution is 0.0933. The lowest BCUT2D eigenvalue weighted by Gasteiger charge is -2.17. The summed E-state index contributed by atoms with van der Waals surface area (Å²) in [5.41, 5.74) is 2.28. The van der Waals surface area contributed by atoms with E-state index in [-0.39, 0.29) is 17.6 Å². The normalized spacial score (nSPS) is 11.8. The van der Waals surface area contributed by atoms with E-state index in [0.29, 0.717) is 27.9 Å². The van der Waals surface area contributed by atoms with Gasteiger partial charge in [-0.3, -0.25) is 4.79 Å². The zero-order chi connectivity index (χ0) is 20.3. The number of carbonyl (C=O) groups excluding carboxylic acids is 1. The van der Waals surface area contributed by atoms with E-state index in [4.69, 9.17) is 21.1 Å². The van der Waals surface area contributed by atoms with Gasteiger partial charge in [0, 0.05) is 16.7 Å². The maximum atomic E-state index is 12.8. The van der Waals surface area contributed by atoms with Crippen LogP contribution in [-0.4, -0.2) is 35.1 Å². The number of nitrogens with zero attached hydrogens (tertiary/aromatic N) is 3. The van der Waals surface area contributed by atoms with Crippen LogP contribution in [0.1, 0.15) is 34.7 Å². The highest BCUT2D eigenvalue weighted by Crippen LogP contribution is 2.29. The lowest BCUT2D eigenvalue weighted by Crippen LogP contribution is -2.28. The summed E-state index contributed by atoms with van der Waals surface area (Å²) >= 11 is 6.02. The van der Waals surface area contributed by atoms with Crippen LogP contribution >= 0.6 is 11.6 Å². The van der Waals surface area contributed by atoms with Gasteiger partial charge in [-0.05, 0) is 44.2 Å². The van der Waals surface area contributed by atoms with Gasteiger partial charge < -0.3 is 14.8 Å². The Labute approximate surface area is 168 Å². The molecular formula is C20H21ClN4O3. The number of carbonyl (C=O) groups is 1. The molecule has 1 N–H and O–H groups in total. The lowest BCUT2D eigenvalue weighted by atomic mass is 10.1. The molecule has 0 saturated heterocycles. The first-order valence-corrected chi connectivity index (χ1v) is 9.03. The summed E-state index contributed by atoms with van der Waals surface area (Å²) < 4.78 is 10.6. The van der Waals surface area contributed by atoms with E-state index in [1.165, 1.54) is 4.80 Å². The van der Waals surface area contributed by atoms with Crippen LogP contribution in [-0.2, 0) is 0 Å². The molecule has 1 amide bonds. The minimum Gasteiger partial charge on any atom is -0.497 e. The average molecular weight is 401 g/mol. The van der Waals surface area contributed by atoms with Gasteiger partial charge in [0.05, 0.1) is 31.6 Å². The zero-order valence-corrected chi connectivity index (χ0v) is 16.8. The van der Waals surface area contributed by atoms with E-state index in [1.807, 2.05) is 25.1 Å². The fourth-order valence-corrected chi connectivity index (χ4v) is 3.01. The van der Waals surface area contributed by atoms with Crippen molar-refractivity contribution in [1.29, 1.82) is 0 Å². The molecule has 1 heterocycles. The summed E-state index contributed by atoms with van der Waals surface area (Å²) in [6.45, 7) is 3.61. The fraction of sp³-hybridized carbons (Fsp3) is 0.250. The summed E-state index contributed by atoms with van der Waals surface area (Å²) in [5.74, 6) is 0.988. The van der Waals surface area contributed by atoms with Crippen molar-refractivity contribution >= 4 is 17.5 Å². The number of rotatable bonds is 6. The molecule has 146 valence electrons. The first kappa shape index (κ1) is 19.7. The molecule has 0 aliphatic rings. The summed E-state index contributed by atoms with van der Waals surface area (Å²) in [4.78, 5) is 14.2. The highest BCUT2D eigenvalue weighted by atomic mass is 35.5. The highest BCUT2D eigenvalue weighted by molar-refractivity contribution is 6.30. The largest absolute Gasteiger partial charge is 0.497 e. The van der Waals surface area contributed by atoms with E-state index in [1.54, 1.807) is 45.4 Å². The topological polar surface area (TPSA) is 78.3 Å². The number of hydrogen-bond donors (Lipinski definition) is 1. The monoisotopic (exact) mass is 400 g/mol. The Morgan fingerprint density at radius 1 is 1.14 bits per heavy atom. The van der Waals surface area contributed by atoms with Crippen molar-refractivity contribution in [3.63, 3.8) is 0 Å². The molecule has 0 aliphatic carbocycles. The molecular weight excluding hydrogens is 380 g/mol. The van der Waals surface area contributed by atoms with Gasteiger partial charge >= 0.3 is 0 Å². The molecule has 0 spiro atoms. The summed E-state index contributed by atoms with van der Waals surface area (Å²) in [5, 5.41) is 12.2. The van der Waals surface area contributed by atoms with E-state index in [0.717, 1.165) is 5.56 Å². The standard InChI is InChI=1S/C20H21ClN4O3/c1-12(17-9-8-16(27-3)11-18(17)28-4)22-20(26)19-13(2)23-25(24-19)15-7-5-6-14(21)10-15/h5-12H,1-4H3,(H,22,26). The summed E-state index contributed by atoms with van der Waals surface area (Å²) in [7, 11) is 3.17. The fourth-order valence-electron chi connectivity index (χ4n) is 2.82. The quantitative estimate of drug-likeness (QED) is 0.682. The van der Waals surface area contributed by atoms with Gasteiger partial charge in [-0.25, -0.2) is 0 Å².